The number of carbonyl (C=O) groups excluding carboxylic acids is 3. The molecule has 2 aliphatic rings. The highest BCUT2D eigenvalue weighted by Crippen LogP contribution is 2.38. The average molecular weight is 525 g/mol. The summed E-state index contributed by atoms with van der Waals surface area (Å²) in [4.78, 5) is 41.3. The van der Waals surface area contributed by atoms with Crippen LogP contribution in [0.5, 0.6) is 0 Å². The van der Waals surface area contributed by atoms with Gasteiger partial charge in [0.25, 0.3) is 0 Å². The molecular weight excluding hydrogens is 492 g/mol. The molecule has 1 aromatic heterocycles. The molecule has 4 rings (SSSR count). The highest BCUT2D eigenvalue weighted by Gasteiger charge is 2.28. The Morgan fingerprint density at radius 1 is 1.22 bits per heavy atom. The number of rotatable bonds is 7. The van der Waals surface area contributed by atoms with E-state index in [9.17, 15) is 19.6 Å². The summed E-state index contributed by atoms with van der Waals surface area (Å²) in [5, 5.41) is 16.0. The minimum absolute atomic E-state index is 0.0118. The smallest absolute Gasteiger partial charge is 0.238 e. The van der Waals surface area contributed by atoms with Gasteiger partial charge in [-0.1, -0.05) is 32.3 Å². The van der Waals surface area contributed by atoms with Gasteiger partial charge in [0.05, 0.1) is 17.4 Å². The van der Waals surface area contributed by atoms with E-state index < -0.39 is 0 Å². The molecule has 1 aliphatic carbocycles. The average Bonchev–Trinajstić information content (AvgIpc) is 3.23. The minimum atomic E-state index is -0.353. The zero-order valence-electron chi connectivity index (χ0n) is 20.8. The molecule has 3 amide bonds. The molecule has 1 atom stereocenters. The fraction of sp³-hybridized carbons (Fsp3) is 0.481. The van der Waals surface area contributed by atoms with E-state index in [2.05, 4.69) is 16.7 Å². The van der Waals surface area contributed by atoms with Crippen molar-refractivity contribution in [3.63, 3.8) is 0 Å². The number of nitriles is 1. The largest absolute Gasteiger partial charge is 0.337 e. The molecular formula is C27H32N4O3S2. The first-order chi connectivity index (χ1) is 17.4. The summed E-state index contributed by atoms with van der Waals surface area (Å²) in [5.41, 5.74) is 2.20. The lowest BCUT2D eigenvalue weighted by Gasteiger charge is -2.25. The van der Waals surface area contributed by atoms with Crippen LogP contribution in [0.1, 0.15) is 68.4 Å². The maximum atomic E-state index is 13.2. The number of nitrogens with one attached hydrogen (secondary N) is 2. The molecule has 1 aromatic carbocycles. The van der Waals surface area contributed by atoms with Crippen molar-refractivity contribution in [2.45, 2.75) is 75.5 Å². The number of benzene rings is 1. The fourth-order valence-corrected chi connectivity index (χ4v) is 7.04. The Labute approximate surface area is 220 Å². The third kappa shape index (κ3) is 6.11. The SMILES string of the molecule is CCC(Sc1cccc(NC(=O)C2CCCCC2)c1)C(=O)Nc1sc2c(c1C#N)CCN(C(C)=O)C2. The highest BCUT2D eigenvalue weighted by molar-refractivity contribution is 8.00. The predicted octanol–water partition coefficient (Wildman–Crippen LogP) is 5.55. The Morgan fingerprint density at radius 3 is 2.69 bits per heavy atom. The molecule has 1 unspecified atom stereocenters. The maximum absolute atomic E-state index is 13.2. The molecule has 9 heteroatoms. The van der Waals surface area contributed by atoms with Gasteiger partial charge < -0.3 is 15.5 Å². The lowest BCUT2D eigenvalue weighted by atomic mass is 9.88. The zero-order chi connectivity index (χ0) is 25.7. The number of hydrogen-bond donors (Lipinski definition) is 2. The molecule has 0 saturated heterocycles. The standard InChI is InChI=1S/C27H32N4O3S2/c1-3-23(35-20-11-7-10-19(14-20)29-25(33)18-8-5-4-6-9-18)26(34)30-27-22(15-28)21-12-13-31(17(2)32)16-24(21)36-27/h7,10-11,14,18,23H,3-6,8-9,12-13,16H2,1-2H3,(H,29,33)(H,30,34). The van der Waals surface area contributed by atoms with Crippen LogP contribution in [0, 0.1) is 17.2 Å². The van der Waals surface area contributed by atoms with Crippen LogP contribution < -0.4 is 10.6 Å². The number of hydrogen-bond acceptors (Lipinski definition) is 6. The van der Waals surface area contributed by atoms with Gasteiger partial charge in [-0.25, -0.2) is 0 Å². The first kappa shape index (κ1) is 26.2. The van der Waals surface area contributed by atoms with E-state index >= 15 is 0 Å². The molecule has 0 bridgehead atoms. The topological polar surface area (TPSA) is 102 Å². The van der Waals surface area contributed by atoms with Crippen molar-refractivity contribution in [1.29, 1.82) is 5.26 Å². The second kappa shape index (κ2) is 11.9. The van der Waals surface area contributed by atoms with E-state index in [1.807, 2.05) is 31.2 Å². The van der Waals surface area contributed by atoms with Crippen LogP contribution in [0.15, 0.2) is 29.2 Å². The molecule has 190 valence electrons. The van der Waals surface area contributed by atoms with Gasteiger partial charge in [-0.3, -0.25) is 14.4 Å². The normalized spacial score (nSPS) is 16.5. The van der Waals surface area contributed by atoms with Gasteiger partial charge in [0.1, 0.15) is 11.1 Å². The van der Waals surface area contributed by atoms with Gasteiger partial charge in [0, 0.05) is 34.8 Å². The van der Waals surface area contributed by atoms with E-state index in [-0.39, 0.29) is 28.9 Å². The van der Waals surface area contributed by atoms with Crippen molar-refractivity contribution in [2.24, 2.45) is 5.92 Å². The number of thioether (sulfide) groups is 1. The maximum Gasteiger partial charge on any atom is 0.238 e. The molecule has 0 spiro atoms. The third-order valence-corrected chi connectivity index (χ3v) is 9.36. The summed E-state index contributed by atoms with van der Waals surface area (Å²) >= 11 is 2.84. The van der Waals surface area contributed by atoms with Crippen LogP contribution >= 0.6 is 23.1 Å². The quantitative estimate of drug-likeness (QED) is 0.462. The van der Waals surface area contributed by atoms with Gasteiger partial charge in [-0.15, -0.1) is 23.1 Å². The van der Waals surface area contributed by atoms with Crippen LogP contribution in [0.25, 0.3) is 0 Å². The first-order valence-electron chi connectivity index (χ1n) is 12.6. The summed E-state index contributed by atoms with van der Waals surface area (Å²) < 4.78 is 0. The number of amides is 3. The molecule has 1 saturated carbocycles. The Bertz CT molecular complexity index is 1180. The minimum Gasteiger partial charge on any atom is -0.337 e. The van der Waals surface area contributed by atoms with Crippen LogP contribution in [-0.2, 0) is 27.3 Å². The van der Waals surface area contributed by atoms with Gasteiger partial charge in [0.15, 0.2) is 0 Å². The number of carbonyl (C=O) groups is 3. The van der Waals surface area contributed by atoms with E-state index in [4.69, 9.17) is 0 Å². The molecule has 36 heavy (non-hydrogen) atoms. The van der Waals surface area contributed by atoms with Crippen LogP contribution in [-0.4, -0.2) is 34.4 Å². The van der Waals surface area contributed by atoms with Gasteiger partial charge in [-0.05, 0) is 49.4 Å². The Kier molecular flexibility index (Phi) is 8.70. The van der Waals surface area contributed by atoms with Crippen LogP contribution in [0.3, 0.4) is 0 Å². The van der Waals surface area contributed by atoms with E-state index in [0.29, 0.717) is 36.5 Å². The van der Waals surface area contributed by atoms with E-state index in [0.717, 1.165) is 46.7 Å². The second-order valence-corrected chi connectivity index (χ2v) is 11.7. The lowest BCUT2D eigenvalue weighted by molar-refractivity contribution is -0.129. The van der Waals surface area contributed by atoms with Crippen molar-refractivity contribution in [2.75, 3.05) is 17.2 Å². The van der Waals surface area contributed by atoms with Crippen molar-refractivity contribution in [3.8, 4) is 6.07 Å². The number of fused-ring (bicyclic) bond motifs is 1. The summed E-state index contributed by atoms with van der Waals surface area (Å²) in [6, 6.07) is 9.89. The van der Waals surface area contributed by atoms with Crippen LogP contribution in [0.4, 0.5) is 10.7 Å². The van der Waals surface area contributed by atoms with Crippen molar-refractivity contribution < 1.29 is 14.4 Å². The van der Waals surface area contributed by atoms with Crippen molar-refractivity contribution in [1.82, 2.24) is 4.90 Å². The molecule has 7 nitrogen and oxygen atoms in total. The van der Waals surface area contributed by atoms with Crippen molar-refractivity contribution >= 4 is 51.5 Å². The lowest BCUT2D eigenvalue weighted by Crippen LogP contribution is -2.33. The molecule has 0 radical (unpaired) electrons. The monoisotopic (exact) mass is 524 g/mol. The fourth-order valence-electron chi connectivity index (χ4n) is 4.81. The number of nitrogens with zero attached hydrogens (tertiary/aromatic N) is 2. The second-order valence-electron chi connectivity index (χ2n) is 9.37. The summed E-state index contributed by atoms with van der Waals surface area (Å²) in [7, 11) is 0. The van der Waals surface area contributed by atoms with E-state index in [1.54, 1.807) is 11.8 Å². The van der Waals surface area contributed by atoms with Gasteiger partial charge in [0.2, 0.25) is 17.7 Å². The van der Waals surface area contributed by atoms with Gasteiger partial charge >= 0.3 is 0 Å². The van der Waals surface area contributed by atoms with Crippen molar-refractivity contribution in [3.05, 3.63) is 40.3 Å². The highest BCUT2D eigenvalue weighted by atomic mass is 32.2. The molecule has 2 heterocycles. The Balaban J connectivity index is 1.42. The Hall–Kier alpha value is -2.83. The Morgan fingerprint density at radius 2 is 2.00 bits per heavy atom. The summed E-state index contributed by atoms with van der Waals surface area (Å²) in [6.45, 7) is 4.57. The number of anilines is 2. The summed E-state index contributed by atoms with van der Waals surface area (Å²) in [6.07, 6.45) is 6.55. The molecule has 1 fully saturated rings. The third-order valence-electron chi connectivity index (χ3n) is 6.87. The predicted molar refractivity (Wildman–Crippen MR) is 144 cm³/mol. The van der Waals surface area contributed by atoms with E-state index in [1.165, 1.54) is 29.5 Å². The summed E-state index contributed by atoms with van der Waals surface area (Å²) in [5.74, 6) is 0.0174. The first-order valence-corrected chi connectivity index (χ1v) is 14.3. The molecule has 1 aliphatic heterocycles. The van der Waals surface area contributed by atoms with Crippen LogP contribution in [0.2, 0.25) is 0 Å². The molecule has 2 N–H and O–H groups in total. The molecule has 2 aromatic rings. The number of thiophene rings is 1. The zero-order valence-corrected chi connectivity index (χ0v) is 22.4. The van der Waals surface area contributed by atoms with Gasteiger partial charge in [-0.2, -0.15) is 5.26 Å².